The van der Waals surface area contributed by atoms with Gasteiger partial charge in [0.1, 0.15) is 5.78 Å². The Labute approximate surface area is 89.6 Å². The number of rotatable bonds is 4. The van der Waals surface area contributed by atoms with Crippen molar-refractivity contribution in [3.8, 4) is 0 Å². The van der Waals surface area contributed by atoms with Gasteiger partial charge in [-0.15, -0.1) is 0 Å². The summed E-state index contributed by atoms with van der Waals surface area (Å²) in [4.78, 5) is 35.3. The zero-order valence-electron chi connectivity index (χ0n) is 9.45. The highest BCUT2D eigenvalue weighted by atomic mass is 16.2. The van der Waals surface area contributed by atoms with Crippen LogP contribution in [0.25, 0.3) is 0 Å². The van der Waals surface area contributed by atoms with E-state index < -0.39 is 0 Å². The van der Waals surface area contributed by atoms with Gasteiger partial charge in [0.2, 0.25) is 11.8 Å². The van der Waals surface area contributed by atoms with E-state index >= 15 is 0 Å². The van der Waals surface area contributed by atoms with E-state index in [4.69, 9.17) is 0 Å². The number of carbonyl (C=O) groups excluding carboxylic acids is 3. The molecule has 1 saturated heterocycles. The third kappa shape index (κ3) is 2.43. The molecule has 0 aromatic carbocycles. The fraction of sp³-hybridized carbons (Fsp3) is 0.727. The molecule has 1 aliphatic rings. The molecule has 1 heterocycles. The molecule has 0 spiro atoms. The van der Waals surface area contributed by atoms with Gasteiger partial charge in [0, 0.05) is 24.8 Å². The molecule has 0 N–H and O–H groups in total. The number of ketones is 1. The molecule has 1 fully saturated rings. The van der Waals surface area contributed by atoms with Crippen LogP contribution in [-0.2, 0) is 14.4 Å². The number of likely N-dealkylation sites (tertiary alicyclic amines) is 1. The monoisotopic (exact) mass is 211 g/mol. The number of imide groups is 1. The summed E-state index contributed by atoms with van der Waals surface area (Å²) >= 11 is 0. The van der Waals surface area contributed by atoms with E-state index in [2.05, 4.69) is 0 Å². The average Bonchev–Trinajstić information content (AvgIpc) is 2.34. The van der Waals surface area contributed by atoms with E-state index in [1.165, 1.54) is 11.8 Å². The molecule has 2 amide bonds. The van der Waals surface area contributed by atoms with Crippen LogP contribution in [0, 0.1) is 11.8 Å². The number of amides is 2. The molecule has 0 aromatic heterocycles. The average molecular weight is 211 g/mol. The van der Waals surface area contributed by atoms with Crippen molar-refractivity contribution in [3.05, 3.63) is 0 Å². The smallest absolute Gasteiger partial charge is 0.232 e. The van der Waals surface area contributed by atoms with Crippen LogP contribution in [0.2, 0.25) is 0 Å². The minimum atomic E-state index is -0.213. The Morgan fingerprint density at radius 2 is 1.67 bits per heavy atom. The first-order valence-corrected chi connectivity index (χ1v) is 5.29. The highest BCUT2D eigenvalue weighted by molar-refractivity contribution is 6.04. The van der Waals surface area contributed by atoms with Crippen LogP contribution in [0.4, 0.5) is 0 Å². The summed E-state index contributed by atoms with van der Waals surface area (Å²) in [6, 6.07) is 0. The molecule has 0 aliphatic carbocycles. The molecular formula is C11H17NO3. The van der Waals surface area contributed by atoms with Gasteiger partial charge in [-0.2, -0.15) is 0 Å². The highest BCUT2D eigenvalue weighted by Crippen LogP contribution is 2.25. The van der Waals surface area contributed by atoms with Crippen LogP contribution in [0.1, 0.15) is 33.6 Å². The van der Waals surface area contributed by atoms with Crippen molar-refractivity contribution in [3.63, 3.8) is 0 Å². The molecule has 4 heteroatoms. The topological polar surface area (TPSA) is 54.5 Å². The Balaban J connectivity index is 2.52. The minimum absolute atomic E-state index is 0.0928. The van der Waals surface area contributed by atoms with Crippen molar-refractivity contribution in [1.82, 2.24) is 4.90 Å². The van der Waals surface area contributed by atoms with E-state index in [1.807, 2.05) is 0 Å². The minimum Gasteiger partial charge on any atom is -0.300 e. The summed E-state index contributed by atoms with van der Waals surface area (Å²) in [5, 5.41) is 0. The lowest BCUT2D eigenvalue weighted by Crippen LogP contribution is -2.32. The number of nitrogens with zero attached hydrogens (tertiary/aromatic N) is 1. The summed E-state index contributed by atoms with van der Waals surface area (Å²) in [6.45, 7) is 5.44. The number of Topliss-reactive ketones (excluding diaryl/α,β-unsaturated/α-hetero) is 1. The molecule has 1 rings (SSSR count). The summed E-state index contributed by atoms with van der Waals surface area (Å²) in [5.41, 5.74) is 0. The van der Waals surface area contributed by atoms with E-state index in [0.29, 0.717) is 19.4 Å². The fourth-order valence-corrected chi connectivity index (χ4v) is 1.73. The Kier molecular flexibility index (Phi) is 3.61. The number of hydrogen-bond acceptors (Lipinski definition) is 3. The lowest BCUT2D eigenvalue weighted by Gasteiger charge is -2.13. The summed E-state index contributed by atoms with van der Waals surface area (Å²) in [7, 11) is 0. The van der Waals surface area contributed by atoms with Gasteiger partial charge >= 0.3 is 0 Å². The van der Waals surface area contributed by atoms with Crippen molar-refractivity contribution in [2.75, 3.05) is 6.54 Å². The molecule has 84 valence electrons. The van der Waals surface area contributed by atoms with Gasteiger partial charge in [-0.05, 0) is 13.3 Å². The van der Waals surface area contributed by atoms with Crippen LogP contribution >= 0.6 is 0 Å². The summed E-state index contributed by atoms with van der Waals surface area (Å²) < 4.78 is 0. The standard InChI is InChI=1S/C11H17NO3/c1-7(13)5-4-6-12-10(14)8(2)9(3)11(12)15/h8-9H,4-6H2,1-3H3. The van der Waals surface area contributed by atoms with Gasteiger partial charge in [0.05, 0.1) is 0 Å². The molecule has 0 aromatic rings. The summed E-state index contributed by atoms with van der Waals surface area (Å²) in [5.74, 6) is -0.535. The third-order valence-corrected chi connectivity index (χ3v) is 2.97. The highest BCUT2D eigenvalue weighted by Gasteiger charge is 2.41. The quantitative estimate of drug-likeness (QED) is 0.652. The first-order chi connectivity index (χ1) is 6.95. The molecule has 2 atom stereocenters. The Morgan fingerprint density at radius 1 is 1.20 bits per heavy atom. The van der Waals surface area contributed by atoms with Crippen LogP contribution in [0.5, 0.6) is 0 Å². The zero-order valence-corrected chi connectivity index (χ0v) is 9.45. The number of carbonyl (C=O) groups is 3. The van der Waals surface area contributed by atoms with E-state index in [1.54, 1.807) is 13.8 Å². The van der Waals surface area contributed by atoms with Gasteiger partial charge < -0.3 is 4.79 Å². The van der Waals surface area contributed by atoms with Gasteiger partial charge in [-0.3, -0.25) is 14.5 Å². The van der Waals surface area contributed by atoms with E-state index in [0.717, 1.165) is 0 Å². The largest absolute Gasteiger partial charge is 0.300 e. The first-order valence-electron chi connectivity index (χ1n) is 5.29. The zero-order chi connectivity index (χ0) is 11.6. The second-order valence-corrected chi connectivity index (χ2v) is 4.21. The predicted octanol–water partition coefficient (Wildman–Crippen LogP) is 0.997. The second-order valence-electron chi connectivity index (χ2n) is 4.21. The Bertz CT molecular complexity index is 278. The van der Waals surface area contributed by atoms with Crippen molar-refractivity contribution >= 4 is 17.6 Å². The third-order valence-electron chi connectivity index (χ3n) is 2.97. The fourth-order valence-electron chi connectivity index (χ4n) is 1.73. The van der Waals surface area contributed by atoms with Crippen LogP contribution in [0.15, 0.2) is 0 Å². The van der Waals surface area contributed by atoms with Gasteiger partial charge in [-0.25, -0.2) is 0 Å². The number of hydrogen-bond donors (Lipinski definition) is 0. The van der Waals surface area contributed by atoms with Gasteiger partial charge in [-0.1, -0.05) is 13.8 Å². The molecule has 0 saturated carbocycles. The predicted molar refractivity (Wildman–Crippen MR) is 55.0 cm³/mol. The normalized spacial score (nSPS) is 26.2. The molecule has 0 bridgehead atoms. The van der Waals surface area contributed by atoms with Gasteiger partial charge in [0.15, 0.2) is 0 Å². The van der Waals surface area contributed by atoms with Crippen molar-refractivity contribution < 1.29 is 14.4 Å². The maximum absolute atomic E-state index is 11.6. The van der Waals surface area contributed by atoms with Crippen molar-refractivity contribution in [2.45, 2.75) is 33.6 Å². The van der Waals surface area contributed by atoms with Crippen molar-refractivity contribution in [2.24, 2.45) is 11.8 Å². The lowest BCUT2D eigenvalue weighted by atomic mass is 10.00. The van der Waals surface area contributed by atoms with Crippen molar-refractivity contribution in [1.29, 1.82) is 0 Å². The molecule has 1 aliphatic heterocycles. The van der Waals surface area contributed by atoms with E-state index in [9.17, 15) is 14.4 Å². The second kappa shape index (κ2) is 4.55. The SMILES string of the molecule is CC(=O)CCCN1C(=O)C(C)C(C)C1=O. The Hall–Kier alpha value is -1.19. The maximum Gasteiger partial charge on any atom is 0.232 e. The first kappa shape index (κ1) is 11.9. The molecular weight excluding hydrogens is 194 g/mol. The van der Waals surface area contributed by atoms with Gasteiger partial charge in [0.25, 0.3) is 0 Å². The van der Waals surface area contributed by atoms with Crippen LogP contribution in [0.3, 0.4) is 0 Å². The van der Waals surface area contributed by atoms with Crippen LogP contribution < -0.4 is 0 Å². The molecule has 0 radical (unpaired) electrons. The molecule has 4 nitrogen and oxygen atoms in total. The molecule has 15 heavy (non-hydrogen) atoms. The maximum atomic E-state index is 11.6. The molecule has 2 unspecified atom stereocenters. The lowest BCUT2D eigenvalue weighted by molar-refractivity contribution is -0.140. The van der Waals surface area contributed by atoms with E-state index in [-0.39, 0.29) is 29.4 Å². The Morgan fingerprint density at radius 3 is 2.07 bits per heavy atom. The summed E-state index contributed by atoms with van der Waals surface area (Å²) in [6.07, 6.45) is 1.01. The van der Waals surface area contributed by atoms with Crippen LogP contribution in [-0.4, -0.2) is 29.0 Å².